The van der Waals surface area contributed by atoms with Crippen LogP contribution >= 0.6 is 11.6 Å². The van der Waals surface area contributed by atoms with Gasteiger partial charge in [0.25, 0.3) is 5.78 Å². The van der Waals surface area contributed by atoms with Crippen LogP contribution in [0.25, 0.3) is 5.78 Å². The van der Waals surface area contributed by atoms with Crippen LogP contribution in [0.5, 0.6) is 0 Å². The highest BCUT2D eigenvalue weighted by Gasteiger charge is 2.31. The molecule has 0 aliphatic carbocycles. The molecule has 9 heteroatoms. The van der Waals surface area contributed by atoms with Crippen molar-refractivity contribution >= 4 is 23.2 Å². The highest BCUT2D eigenvalue weighted by atomic mass is 35.5. The Bertz CT molecular complexity index is 568. The molecule has 19 heavy (non-hydrogen) atoms. The topological polar surface area (TPSA) is 46.3 Å². The molecule has 0 atom stereocenters. The molecule has 2 heterocycles. The van der Waals surface area contributed by atoms with E-state index in [1.807, 2.05) is 0 Å². The zero-order valence-electron chi connectivity index (χ0n) is 10.0. The SMILES string of the molecule is CCCN(CC(F)(F)F)c1cc(Cl)nc2ncnn12. The quantitative estimate of drug-likeness (QED) is 0.813. The van der Waals surface area contributed by atoms with Crippen LogP contribution in [0.15, 0.2) is 12.4 Å². The van der Waals surface area contributed by atoms with Crippen LogP contribution in [0, 0.1) is 0 Å². The normalized spacial score (nSPS) is 12.1. The number of rotatable bonds is 4. The van der Waals surface area contributed by atoms with Gasteiger partial charge in [0, 0.05) is 12.6 Å². The summed E-state index contributed by atoms with van der Waals surface area (Å²) in [7, 11) is 0. The van der Waals surface area contributed by atoms with Crippen LogP contribution in [0.1, 0.15) is 13.3 Å². The summed E-state index contributed by atoms with van der Waals surface area (Å²) in [5.41, 5.74) is 0. The van der Waals surface area contributed by atoms with Crippen molar-refractivity contribution in [2.45, 2.75) is 19.5 Å². The number of fused-ring (bicyclic) bond motifs is 1. The fourth-order valence-electron chi connectivity index (χ4n) is 1.75. The van der Waals surface area contributed by atoms with E-state index in [1.54, 1.807) is 6.92 Å². The van der Waals surface area contributed by atoms with Crippen LogP contribution in [-0.4, -0.2) is 38.8 Å². The summed E-state index contributed by atoms with van der Waals surface area (Å²) in [6.45, 7) is 0.954. The Hall–Kier alpha value is -1.57. The number of anilines is 1. The zero-order chi connectivity index (χ0) is 14.0. The third kappa shape index (κ3) is 3.25. The van der Waals surface area contributed by atoms with Gasteiger partial charge in [-0.1, -0.05) is 18.5 Å². The maximum atomic E-state index is 12.6. The van der Waals surface area contributed by atoms with Gasteiger partial charge in [-0.15, -0.1) is 0 Å². The minimum Gasteiger partial charge on any atom is -0.347 e. The van der Waals surface area contributed by atoms with Crippen LogP contribution in [-0.2, 0) is 0 Å². The lowest BCUT2D eigenvalue weighted by Gasteiger charge is -2.25. The molecule has 0 aromatic carbocycles. The molecule has 0 unspecified atom stereocenters. The molecule has 0 amide bonds. The van der Waals surface area contributed by atoms with Gasteiger partial charge in [-0.2, -0.15) is 32.8 Å². The smallest absolute Gasteiger partial charge is 0.347 e. The standard InChI is InChI=1S/C10H11ClF3N5/c1-2-3-18(5-10(12,13)14)8-4-7(11)17-9-15-6-16-19(8)9/h4,6H,2-3,5H2,1H3. The lowest BCUT2D eigenvalue weighted by molar-refractivity contribution is -0.119. The number of hydrogen-bond acceptors (Lipinski definition) is 4. The molecule has 2 aromatic heterocycles. The Kier molecular flexibility index (Phi) is 3.79. The lowest BCUT2D eigenvalue weighted by Crippen LogP contribution is -2.36. The van der Waals surface area contributed by atoms with E-state index in [4.69, 9.17) is 11.6 Å². The van der Waals surface area contributed by atoms with E-state index in [0.717, 1.165) is 4.90 Å². The highest BCUT2D eigenvalue weighted by Crippen LogP contribution is 2.24. The van der Waals surface area contributed by atoms with Gasteiger partial charge in [0.15, 0.2) is 0 Å². The second-order valence-electron chi connectivity index (χ2n) is 3.95. The second kappa shape index (κ2) is 5.20. The number of halogens is 4. The van der Waals surface area contributed by atoms with Crippen molar-refractivity contribution in [2.24, 2.45) is 0 Å². The first-order valence-corrected chi connectivity index (χ1v) is 5.96. The van der Waals surface area contributed by atoms with Gasteiger partial charge in [-0.05, 0) is 6.42 Å². The third-order valence-electron chi connectivity index (χ3n) is 2.39. The molecule has 0 saturated heterocycles. The van der Waals surface area contributed by atoms with Gasteiger partial charge in [0.05, 0.1) is 0 Å². The molecule has 0 aliphatic heterocycles. The minimum absolute atomic E-state index is 0.0822. The van der Waals surface area contributed by atoms with Gasteiger partial charge < -0.3 is 4.90 Å². The average Bonchev–Trinajstić information content (AvgIpc) is 2.73. The number of alkyl halides is 3. The number of aromatic nitrogens is 4. The van der Waals surface area contributed by atoms with E-state index in [9.17, 15) is 13.2 Å². The Morgan fingerprint density at radius 3 is 2.79 bits per heavy atom. The number of nitrogens with zero attached hydrogens (tertiary/aromatic N) is 5. The summed E-state index contributed by atoms with van der Waals surface area (Å²) in [6, 6.07) is 1.35. The zero-order valence-corrected chi connectivity index (χ0v) is 10.8. The molecule has 2 aromatic rings. The predicted molar refractivity (Wildman–Crippen MR) is 64.4 cm³/mol. The summed E-state index contributed by atoms with van der Waals surface area (Å²) in [5.74, 6) is 0.400. The minimum atomic E-state index is -4.31. The molecule has 5 nitrogen and oxygen atoms in total. The van der Waals surface area contributed by atoms with E-state index in [1.165, 1.54) is 16.9 Å². The molecule has 2 rings (SSSR count). The fraction of sp³-hybridized carbons (Fsp3) is 0.500. The van der Waals surface area contributed by atoms with Crippen molar-refractivity contribution in [1.82, 2.24) is 19.6 Å². The van der Waals surface area contributed by atoms with Crippen molar-refractivity contribution in [2.75, 3.05) is 18.0 Å². The maximum Gasteiger partial charge on any atom is 0.405 e. The molecular formula is C10H11ClF3N5. The van der Waals surface area contributed by atoms with Crippen molar-refractivity contribution in [3.8, 4) is 0 Å². The summed E-state index contributed by atoms with van der Waals surface area (Å²) < 4.78 is 39.1. The van der Waals surface area contributed by atoms with Crippen molar-refractivity contribution in [3.05, 3.63) is 17.5 Å². The molecule has 0 spiro atoms. The summed E-state index contributed by atoms with van der Waals surface area (Å²) in [6.07, 6.45) is -2.52. The van der Waals surface area contributed by atoms with Crippen LogP contribution in [0.4, 0.5) is 19.0 Å². The Labute approximate surface area is 112 Å². The molecule has 0 fully saturated rings. The predicted octanol–water partition coefficient (Wildman–Crippen LogP) is 2.56. The summed E-state index contributed by atoms with van der Waals surface area (Å²) >= 11 is 5.80. The van der Waals surface area contributed by atoms with Gasteiger partial charge >= 0.3 is 6.18 Å². The Morgan fingerprint density at radius 2 is 2.16 bits per heavy atom. The van der Waals surface area contributed by atoms with Crippen molar-refractivity contribution in [3.63, 3.8) is 0 Å². The molecule has 0 aliphatic rings. The van der Waals surface area contributed by atoms with Crippen molar-refractivity contribution < 1.29 is 13.2 Å². The summed E-state index contributed by atoms with van der Waals surface area (Å²) in [5, 5.41) is 3.95. The van der Waals surface area contributed by atoms with Crippen LogP contribution < -0.4 is 4.90 Å². The molecular weight excluding hydrogens is 283 g/mol. The van der Waals surface area contributed by atoms with Crippen LogP contribution in [0.3, 0.4) is 0 Å². The van der Waals surface area contributed by atoms with Gasteiger partial charge in [-0.3, -0.25) is 0 Å². The maximum absolute atomic E-state index is 12.6. The molecule has 0 radical (unpaired) electrons. The van der Waals surface area contributed by atoms with E-state index in [0.29, 0.717) is 6.42 Å². The first-order chi connectivity index (χ1) is 8.90. The molecule has 0 saturated carbocycles. The Balaban J connectivity index is 2.45. The third-order valence-corrected chi connectivity index (χ3v) is 2.58. The first-order valence-electron chi connectivity index (χ1n) is 5.58. The second-order valence-corrected chi connectivity index (χ2v) is 4.33. The van der Waals surface area contributed by atoms with Crippen LogP contribution in [0.2, 0.25) is 5.15 Å². The molecule has 0 bridgehead atoms. The average molecular weight is 294 g/mol. The van der Waals surface area contributed by atoms with Crippen molar-refractivity contribution in [1.29, 1.82) is 0 Å². The lowest BCUT2D eigenvalue weighted by atomic mass is 10.3. The van der Waals surface area contributed by atoms with E-state index >= 15 is 0 Å². The highest BCUT2D eigenvalue weighted by molar-refractivity contribution is 6.29. The van der Waals surface area contributed by atoms with E-state index in [-0.39, 0.29) is 23.3 Å². The first kappa shape index (κ1) is 13.9. The van der Waals surface area contributed by atoms with Gasteiger partial charge in [0.2, 0.25) is 0 Å². The molecule has 104 valence electrons. The monoisotopic (exact) mass is 293 g/mol. The molecule has 0 N–H and O–H groups in total. The van der Waals surface area contributed by atoms with E-state index in [2.05, 4.69) is 15.1 Å². The Morgan fingerprint density at radius 1 is 1.42 bits per heavy atom. The largest absolute Gasteiger partial charge is 0.405 e. The fourth-order valence-corrected chi connectivity index (χ4v) is 1.93. The van der Waals surface area contributed by atoms with Gasteiger partial charge in [-0.25, -0.2) is 0 Å². The number of hydrogen-bond donors (Lipinski definition) is 0. The van der Waals surface area contributed by atoms with Gasteiger partial charge in [0.1, 0.15) is 23.8 Å². The van der Waals surface area contributed by atoms with E-state index < -0.39 is 12.7 Å². The summed E-state index contributed by atoms with van der Waals surface area (Å²) in [4.78, 5) is 8.87.